The molecular formula is C10H22CuN2O4. The smallest absolute Gasteiger partial charge is 0.320 e. The van der Waals surface area contributed by atoms with Gasteiger partial charge in [-0.25, -0.2) is 0 Å². The van der Waals surface area contributed by atoms with Gasteiger partial charge in [0.1, 0.15) is 12.1 Å². The van der Waals surface area contributed by atoms with Crippen LogP contribution in [-0.4, -0.2) is 34.2 Å². The fourth-order valence-corrected chi connectivity index (χ4v) is 0.869. The normalized spacial score (nSPS) is 12.5. The molecule has 0 aromatic rings. The van der Waals surface area contributed by atoms with E-state index in [4.69, 9.17) is 21.7 Å². The fourth-order valence-electron chi connectivity index (χ4n) is 0.869. The van der Waals surface area contributed by atoms with Crippen LogP contribution in [0.1, 0.15) is 39.5 Å². The number of hydrogen-bond donors (Lipinski definition) is 4. The Labute approximate surface area is 112 Å². The molecule has 0 aromatic heterocycles. The molecule has 2 unspecified atom stereocenters. The first-order chi connectivity index (χ1) is 7.36. The van der Waals surface area contributed by atoms with E-state index in [0.29, 0.717) is 12.8 Å². The van der Waals surface area contributed by atoms with E-state index in [1.165, 1.54) is 0 Å². The Morgan fingerprint density at radius 3 is 1.24 bits per heavy atom. The minimum absolute atomic E-state index is 0. The van der Waals surface area contributed by atoms with Crippen LogP contribution >= 0.6 is 0 Å². The largest absolute Gasteiger partial charge is 0.480 e. The van der Waals surface area contributed by atoms with Crippen molar-refractivity contribution < 1.29 is 36.9 Å². The van der Waals surface area contributed by atoms with Gasteiger partial charge in [0, 0.05) is 17.1 Å². The maximum Gasteiger partial charge on any atom is 0.320 e. The van der Waals surface area contributed by atoms with Crippen LogP contribution in [0.3, 0.4) is 0 Å². The first kappa shape index (κ1) is 21.6. The summed E-state index contributed by atoms with van der Waals surface area (Å²) in [5.74, 6) is -1.82. The quantitative estimate of drug-likeness (QED) is 0.525. The SMILES string of the molecule is CCCC(N)C(=O)O.CCCC(N)C(=O)O.[Cu]. The minimum Gasteiger partial charge on any atom is -0.480 e. The van der Waals surface area contributed by atoms with Crippen LogP contribution in [0.25, 0.3) is 0 Å². The van der Waals surface area contributed by atoms with Gasteiger partial charge in [-0.2, -0.15) is 0 Å². The molecule has 17 heavy (non-hydrogen) atoms. The van der Waals surface area contributed by atoms with Crippen LogP contribution in [0.5, 0.6) is 0 Å². The Hall–Kier alpha value is -0.621. The average Bonchev–Trinajstić information content (AvgIpc) is 2.19. The Morgan fingerprint density at radius 1 is 0.941 bits per heavy atom. The molecule has 7 heteroatoms. The standard InChI is InChI=1S/2C5H11NO2.Cu/c2*1-2-3-4(6)5(7)8;/h2*4H,2-3,6H2,1H3,(H,7,8);. The van der Waals surface area contributed by atoms with Gasteiger partial charge in [0.2, 0.25) is 0 Å². The van der Waals surface area contributed by atoms with Gasteiger partial charge in [-0.3, -0.25) is 9.59 Å². The zero-order chi connectivity index (χ0) is 13.1. The number of hydrogen-bond acceptors (Lipinski definition) is 4. The van der Waals surface area contributed by atoms with Crippen molar-refractivity contribution >= 4 is 11.9 Å². The van der Waals surface area contributed by atoms with Gasteiger partial charge in [-0.05, 0) is 12.8 Å². The molecule has 0 saturated heterocycles. The molecule has 0 heterocycles. The number of carboxylic acid groups (broad SMARTS) is 2. The van der Waals surface area contributed by atoms with Gasteiger partial charge < -0.3 is 21.7 Å². The second-order valence-electron chi connectivity index (χ2n) is 3.47. The van der Waals surface area contributed by atoms with Crippen molar-refractivity contribution in [3.8, 4) is 0 Å². The van der Waals surface area contributed by atoms with Crippen LogP contribution in [0.15, 0.2) is 0 Å². The van der Waals surface area contributed by atoms with E-state index >= 15 is 0 Å². The molecular weight excluding hydrogens is 276 g/mol. The van der Waals surface area contributed by atoms with Crippen molar-refractivity contribution in [2.45, 2.75) is 51.6 Å². The molecule has 1 radical (unpaired) electrons. The van der Waals surface area contributed by atoms with Crippen LogP contribution in [0.2, 0.25) is 0 Å². The van der Waals surface area contributed by atoms with E-state index < -0.39 is 24.0 Å². The zero-order valence-corrected chi connectivity index (χ0v) is 11.1. The first-order valence-electron chi connectivity index (χ1n) is 5.33. The molecule has 0 aliphatic heterocycles. The van der Waals surface area contributed by atoms with Gasteiger partial charge >= 0.3 is 11.9 Å². The maximum atomic E-state index is 9.96. The van der Waals surface area contributed by atoms with E-state index in [9.17, 15) is 9.59 Å². The van der Waals surface area contributed by atoms with Crippen LogP contribution in [-0.2, 0) is 26.7 Å². The summed E-state index contributed by atoms with van der Waals surface area (Å²) < 4.78 is 0. The zero-order valence-electron chi connectivity index (χ0n) is 10.2. The Bertz CT molecular complexity index is 192. The van der Waals surface area contributed by atoms with Gasteiger partial charge in [0.15, 0.2) is 0 Å². The Balaban J connectivity index is -0.000000218. The molecule has 0 saturated carbocycles. The summed E-state index contributed by atoms with van der Waals surface area (Å²) in [6, 6.07) is -1.33. The number of nitrogens with two attached hydrogens (primary N) is 2. The summed E-state index contributed by atoms with van der Waals surface area (Å²) in [6.07, 6.45) is 2.78. The van der Waals surface area contributed by atoms with Crippen molar-refractivity contribution in [1.82, 2.24) is 0 Å². The van der Waals surface area contributed by atoms with E-state index in [2.05, 4.69) is 0 Å². The van der Waals surface area contributed by atoms with Gasteiger partial charge in [-0.15, -0.1) is 0 Å². The third kappa shape index (κ3) is 15.4. The number of rotatable bonds is 6. The van der Waals surface area contributed by atoms with Crippen molar-refractivity contribution in [2.75, 3.05) is 0 Å². The molecule has 2 atom stereocenters. The van der Waals surface area contributed by atoms with Gasteiger partial charge in [0.05, 0.1) is 0 Å². The molecule has 0 rings (SSSR count). The summed E-state index contributed by atoms with van der Waals surface area (Å²) in [5.41, 5.74) is 10.3. The summed E-state index contributed by atoms with van der Waals surface area (Å²) in [6.45, 7) is 3.81. The summed E-state index contributed by atoms with van der Waals surface area (Å²) >= 11 is 0. The second kappa shape index (κ2) is 13.4. The molecule has 6 nitrogen and oxygen atoms in total. The van der Waals surface area contributed by atoms with E-state index in [-0.39, 0.29) is 17.1 Å². The molecule has 0 aromatic carbocycles. The molecule has 0 bridgehead atoms. The Kier molecular flexibility index (Phi) is 17.1. The summed E-state index contributed by atoms with van der Waals surface area (Å²) in [7, 11) is 0. The van der Waals surface area contributed by atoms with Crippen LogP contribution in [0.4, 0.5) is 0 Å². The number of aliphatic carboxylic acids is 2. The molecule has 0 amide bonds. The number of carboxylic acids is 2. The summed E-state index contributed by atoms with van der Waals surface area (Å²) in [4.78, 5) is 19.9. The third-order valence-corrected chi connectivity index (χ3v) is 1.83. The maximum absolute atomic E-state index is 9.96. The molecule has 6 N–H and O–H groups in total. The van der Waals surface area contributed by atoms with Crippen molar-refractivity contribution in [3.63, 3.8) is 0 Å². The van der Waals surface area contributed by atoms with E-state index in [1.807, 2.05) is 13.8 Å². The second-order valence-corrected chi connectivity index (χ2v) is 3.47. The molecule has 0 spiro atoms. The van der Waals surface area contributed by atoms with Crippen LogP contribution in [0, 0.1) is 0 Å². The summed E-state index contributed by atoms with van der Waals surface area (Å²) in [5, 5.41) is 16.4. The predicted molar refractivity (Wildman–Crippen MR) is 61.0 cm³/mol. The van der Waals surface area contributed by atoms with Crippen molar-refractivity contribution in [1.29, 1.82) is 0 Å². The molecule has 0 aliphatic carbocycles. The van der Waals surface area contributed by atoms with E-state index in [0.717, 1.165) is 12.8 Å². The van der Waals surface area contributed by atoms with Crippen LogP contribution < -0.4 is 11.5 Å². The molecule has 0 fully saturated rings. The van der Waals surface area contributed by atoms with Crippen molar-refractivity contribution in [2.24, 2.45) is 11.5 Å². The van der Waals surface area contributed by atoms with Crippen molar-refractivity contribution in [3.05, 3.63) is 0 Å². The topological polar surface area (TPSA) is 127 Å². The third-order valence-electron chi connectivity index (χ3n) is 1.83. The predicted octanol–water partition coefficient (Wildman–Crippen LogP) is 0.394. The number of carbonyl (C=O) groups is 2. The van der Waals surface area contributed by atoms with E-state index in [1.54, 1.807) is 0 Å². The minimum atomic E-state index is -0.910. The monoisotopic (exact) mass is 297 g/mol. The molecule has 0 aliphatic rings. The Morgan fingerprint density at radius 2 is 1.18 bits per heavy atom. The first-order valence-corrected chi connectivity index (χ1v) is 5.33. The fraction of sp³-hybridized carbons (Fsp3) is 0.800. The van der Waals surface area contributed by atoms with Gasteiger partial charge in [-0.1, -0.05) is 26.7 Å². The average molecular weight is 298 g/mol. The molecule has 107 valence electrons. The van der Waals surface area contributed by atoms with Gasteiger partial charge in [0.25, 0.3) is 0 Å².